The summed E-state index contributed by atoms with van der Waals surface area (Å²) in [7, 11) is 0. The van der Waals surface area contributed by atoms with E-state index in [2.05, 4.69) is 5.11 Å². The fourth-order valence-corrected chi connectivity index (χ4v) is 4.66. The molecule has 4 aromatic rings. The number of phenolic OH excluding ortho intramolecular Hbond substituents is 3. The van der Waals surface area contributed by atoms with Crippen LogP contribution in [0.15, 0.2) is 101 Å². The summed E-state index contributed by atoms with van der Waals surface area (Å²) in [5.41, 5.74) is 2.93. The largest absolute Gasteiger partial charge is 0.508 e. The van der Waals surface area contributed by atoms with Crippen molar-refractivity contribution in [3.8, 4) is 17.2 Å². The van der Waals surface area contributed by atoms with Gasteiger partial charge in [0.1, 0.15) is 17.2 Å². The van der Waals surface area contributed by atoms with Crippen LogP contribution in [-0.4, -0.2) is 15.3 Å². The van der Waals surface area contributed by atoms with E-state index in [1.807, 2.05) is 6.07 Å². The lowest BCUT2D eigenvalue weighted by atomic mass is 9.74. The van der Waals surface area contributed by atoms with Crippen LogP contribution in [0.5, 0.6) is 17.2 Å². The summed E-state index contributed by atoms with van der Waals surface area (Å²) in [6.07, 6.45) is 0. The van der Waals surface area contributed by atoms with Crippen LogP contribution >= 0.6 is 23.2 Å². The van der Waals surface area contributed by atoms with Crippen LogP contribution in [0.3, 0.4) is 0 Å². The molecule has 0 amide bonds. The van der Waals surface area contributed by atoms with Crippen molar-refractivity contribution in [3.63, 3.8) is 0 Å². The Balaban J connectivity index is 1.90. The minimum Gasteiger partial charge on any atom is -0.508 e. The molecule has 0 saturated carbocycles. The lowest BCUT2D eigenvalue weighted by Crippen LogP contribution is -2.26. The summed E-state index contributed by atoms with van der Waals surface area (Å²) in [4.78, 5) is 0. The maximum Gasteiger partial charge on any atom is 0.161 e. The Bertz CT molecular complexity index is 1430. The van der Waals surface area contributed by atoms with E-state index in [0.29, 0.717) is 26.9 Å². The number of nitrogens with zero attached hydrogens (tertiary/aromatic N) is 2. The first-order valence-corrected chi connectivity index (χ1v) is 11.2. The van der Waals surface area contributed by atoms with Gasteiger partial charge in [-0.3, -0.25) is 0 Å². The third-order valence-electron chi connectivity index (χ3n) is 5.82. The van der Waals surface area contributed by atoms with Gasteiger partial charge in [0, 0.05) is 16.7 Å². The number of halogens is 2. The van der Waals surface area contributed by atoms with E-state index < -0.39 is 5.54 Å². The van der Waals surface area contributed by atoms with Crippen molar-refractivity contribution in [2.75, 3.05) is 0 Å². The molecule has 0 spiro atoms. The van der Waals surface area contributed by atoms with Crippen molar-refractivity contribution in [3.05, 3.63) is 123 Å². The number of hydrogen-bond donors (Lipinski definition) is 3. The SMILES string of the molecule is Oc1ccc(C2=C(c3ccc(O)cc3)C(c3ccc(O)cc3)(c3cccc(Cl)c3Cl)N=N2)cc1. The second-order valence-electron chi connectivity index (χ2n) is 7.88. The van der Waals surface area contributed by atoms with E-state index in [4.69, 9.17) is 28.3 Å². The van der Waals surface area contributed by atoms with E-state index >= 15 is 0 Å². The zero-order chi connectivity index (χ0) is 23.9. The molecule has 168 valence electrons. The molecule has 5 rings (SSSR count). The molecule has 34 heavy (non-hydrogen) atoms. The number of azo groups is 1. The van der Waals surface area contributed by atoms with E-state index in [1.54, 1.807) is 84.9 Å². The van der Waals surface area contributed by atoms with Crippen molar-refractivity contribution >= 4 is 34.5 Å². The second kappa shape index (κ2) is 8.52. The van der Waals surface area contributed by atoms with Gasteiger partial charge in [-0.1, -0.05) is 59.6 Å². The molecular weight excluding hydrogens is 471 g/mol. The Morgan fingerprint density at radius 1 is 0.618 bits per heavy atom. The van der Waals surface area contributed by atoms with E-state index in [1.165, 1.54) is 0 Å². The van der Waals surface area contributed by atoms with Crippen molar-refractivity contribution < 1.29 is 15.3 Å². The molecule has 0 aliphatic carbocycles. The van der Waals surface area contributed by atoms with E-state index in [9.17, 15) is 15.3 Å². The molecule has 1 unspecified atom stereocenters. The van der Waals surface area contributed by atoms with Crippen molar-refractivity contribution in [1.82, 2.24) is 0 Å². The first-order valence-electron chi connectivity index (χ1n) is 10.4. The third kappa shape index (κ3) is 3.59. The van der Waals surface area contributed by atoms with Gasteiger partial charge in [0.15, 0.2) is 5.54 Å². The first kappa shape index (κ1) is 22.0. The number of phenols is 3. The Labute approximate surface area is 205 Å². The summed E-state index contributed by atoms with van der Waals surface area (Å²) < 4.78 is 0. The molecule has 1 atom stereocenters. The molecular formula is C27H18Cl2N2O3. The molecule has 5 nitrogen and oxygen atoms in total. The van der Waals surface area contributed by atoms with Gasteiger partial charge in [-0.15, -0.1) is 0 Å². The van der Waals surface area contributed by atoms with Gasteiger partial charge in [-0.2, -0.15) is 10.2 Å². The Morgan fingerprint density at radius 3 is 1.74 bits per heavy atom. The zero-order valence-corrected chi connectivity index (χ0v) is 19.2. The van der Waals surface area contributed by atoms with Crippen LogP contribution in [-0.2, 0) is 5.54 Å². The lowest BCUT2D eigenvalue weighted by Gasteiger charge is -2.31. The molecule has 1 aliphatic rings. The lowest BCUT2D eigenvalue weighted by molar-refractivity contribution is 0.474. The van der Waals surface area contributed by atoms with E-state index in [-0.39, 0.29) is 17.2 Å². The summed E-state index contributed by atoms with van der Waals surface area (Å²) in [5.74, 6) is 0.367. The molecule has 1 heterocycles. The van der Waals surface area contributed by atoms with Crippen molar-refractivity contribution in [2.45, 2.75) is 5.54 Å². The summed E-state index contributed by atoms with van der Waals surface area (Å²) in [6, 6.07) is 25.5. The Hall–Kier alpha value is -3.80. The molecule has 0 saturated heterocycles. The average Bonchev–Trinajstić information content (AvgIpc) is 3.23. The van der Waals surface area contributed by atoms with Crippen LogP contribution in [0.1, 0.15) is 22.3 Å². The fraction of sp³-hybridized carbons (Fsp3) is 0.0370. The molecule has 7 heteroatoms. The van der Waals surface area contributed by atoms with Gasteiger partial charge in [-0.05, 0) is 65.7 Å². The fourth-order valence-electron chi connectivity index (χ4n) is 4.22. The summed E-state index contributed by atoms with van der Waals surface area (Å²) >= 11 is 13.2. The molecule has 0 bridgehead atoms. The number of hydrogen-bond acceptors (Lipinski definition) is 5. The van der Waals surface area contributed by atoms with Crippen LogP contribution in [0.25, 0.3) is 11.3 Å². The molecule has 3 N–H and O–H groups in total. The monoisotopic (exact) mass is 488 g/mol. The maximum absolute atomic E-state index is 9.96. The third-order valence-corrected chi connectivity index (χ3v) is 6.64. The van der Waals surface area contributed by atoms with Gasteiger partial charge in [0.25, 0.3) is 0 Å². The number of aromatic hydroxyl groups is 3. The smallest absolute Gasteiger partial charge is 0.161 e. The topological polar surface area (TPSA) is 85.4 Å². The summed E-state index contributed by atoms with van der Waals surface area (Å²) in [6.45, 7) is 0. The molecule has 0 radical (unpaired) electrons. The van der Waals surface area contributed by atoms with Crippen LogP contribution < -0.4 is 0 Å². The van der Waals surface area contributed by atoms with Gasteiger partial charge in [0.2, 0.25) is 0 Å². The second-order valence-corrected chi connectivity index (χ2v) is 8.66. The zero-order valence-electron chi connectivity index (χ0n) is 17.7. The van der Waals surface area contributed by atoms with Crippen LogP contribution in [0, 0.1) is 0 Å². The number of benzene rings is 4. The van der Waals surface area contributed by atoms with Gasteiger partial charge in [-0.25, -0.2) is 0 Å². The average molecular weight is 489 g/mol. The maximum atomic E-state index is 9.96. The van der Waals surface area contributed by atoms with Crippen LogP contribution in [0.4, 0.5) is 0 Å². The standard InChI is InChI=1S/C27H18Cl2N2O3/c28-23-3-1-2-22(25(23)29)27(18-8-14-21(34)15-9-18)24(16-4-10-19(32)11-5-16)26(30-31-27)17-6-12-20(33)13-7-17/h1-15,32-34H. The quantitative estimate of drug-likeness (QED) is 0.279. The molecule has 0 aromatic heterocycles. The van der Waals surface area contributed by atoms with Gasteiger partial charge >= 0.3 is 0 Å². The van der Waals surface area contributed by atoms with Crippen LogP contribution in [0.2, 0.25) is 10.0 Å². The highest BCUT2D eigenvalue weighted by atomic mass is 35.5. The normalized spacial score (nSPS) is 17.4. The molecule has 1 aliphatic heterocycles. The highest BCUT2D eigenvalue weighted by Gasteiger charge is 2.46. The van der Waals surface area contributed by atoms with Gasteiger partial charge in [0.05, 0.1) is 15.7 Å². The summed E-state index contributed by atoms with van der Waals surface area (Å²) in [5, 5.41) is 39.8. The predicted octanol–water partition coefficient (Wildman–Crippen LogP) is 7.39. The first-order chi connectivity index (χ1) is 16.4. The molecule has 0 fully saturated rings. The Morgan fingerprint density at radius 2 is 1.15 bits per heavy atom. The highest BCUT2D eigenvalue weighted by Crippen LogP contribution is 2.55. The van der Waals surface area contributed by atoms with Crippen molar-refractivity contribution in [2.24, 2.45) is 10.2 Å². The Kier molecular flexibility index (Phi) is 5.52. The minimum atomic E-state index is -1.19. The highest BCUT2D eigenvalue weighted by molar-refractivity contribution is 6.42. The van der Waals surface area contributed by atoms with Gasteiger partial charge < -0.3 is 15.3 Å². The predicted molar refractivity (Wildman–Crippen MR) is 133 cm³/mol. The number of rotatable bonds is 4. The molecule has 4 aromatic carbocycles. The minimum absolute atomic E-state index is 0.111. The van der Waals surface area contributed by atoms with Crippen molar-refractivity contribution in [1.29, 1.82) is 0 Å². The van der Waals surface area contributed by atoms with E-state index in [0.717, 1.165) is 16.7 Å².